The van der Waals surface area contributed by atoms with Gasteiger partial charge in [0.2, 0.25) is 0 Å². The highest BCUT2D eigenvalue weighted by Gasteiger charge is 2.16. The van der Waals surface area contributed by atoms with Crippen molar-refractivity contribution in [2.75, 3.05) is 5.73 Å². The fourth-order valence-electron chi connectivity index (χ4n) is 3.04. The molecule has 23 heavy (non-hydrogen) atoms. The number of nitrogen functional groups attached to an aromatic ring is 1. The molecule has 0 unspecified atom stereocenters. The van der Waals surface area contributed by atoms with Crippen molar-refractivity contribution in [2.24, 2.45) is 0 Å². The molecule has 0 aliphatic carbocycles. The van der Waals surface area contributed by atoms with E-state index in [1.807, 2.05) is 48.5 Å². The number of nitrogens with two attached hydrogens (primary N) is 1. The average Bonchev–Trinajstić information content (AvgIpc) is 3.13. The van der Waals surface area contributed by atoms with Crippen LogP contribution in [0.5, 0.6) is 0 Å². The molecule has 5 heteroatoms. The molecule has 0 atom stereocenters. The van der Waals surface area contributed by atoms with Gasteiger partial charge in [-0.25, -0.2) is 9.67 Å². The van der Waals surface area contributed by atoms with Gasteiger partial charge in [0.1, 0.15) is 11.3 Å². The second kappa shape index (κ2) is 4.33. The van der Waals surface area contributed by atoms with E-state index < -0.39 is 0 Å². The predicted octanol–water partition coefficient (Wildman–Crippen LogP) is 3.90. The van der Waals surface area contributed by atoms with Crippen LogP contribution in [0.4, 0.5) is 5.82 Å². The summed E-state index contributed by atoms with van der Waals surface area (Å²) < 4.78 is 7.81. The summed E-state index contributed by atoms with van der Waals surface area (Å²) >= 11 is 0. The Hall–Kier alpha value is -3.34. The van der Waals surface area contributed by atoms with Gasteiger partial charge in [-0.1, -0.05) is 30.3 Å². The molecule has 0 saturated carbocycles. The summed E-state index contributed by atoms with van der Waals surface area (Å²) in [6.07, 6.45) is 1.73. The van der Waals surface area contributed by atoms with E-state index in [9.17, 15) is 0 Å². The number of anilines is 1. The highest BCUT2D eigenvalue weighted by molar-refractivity contribution is 6.07. The highest BCUT2D eigenvalue weighted by atomic mass is 16.3. The van der Waals surface area contributed by atoms with Crippen molar-refractivity contribution >= 4 is 38.8 Å². The van der Waals surface area contributed by atoms with Gasteiger partial charge in [-0.3, -0.25) is 0 Å². The zero-order valence-electron chi connectivity index (χ0n) is 12.1. The maximum atomic E-state index is 6.07. The number of para-hydroxylation sites is 2. The van der Waals surface area contributed by atoms with E-state index in [-0.39, 0.29) is 0 Å². The molecule has 0 aliphatic rings. The molecule has 0 spiro atoms. The lowest BCUT2D eigenvalue weighted by Crippen LogP contribution is -1.98. The van der Waals surface area contributed by atoms with Gasteiger partial charge >= 0.3 is 0 Å². The van der Waals surface area contributed by atoms with Gasteiger partial charge in [0, 0.05) is 17.0 Å². The summed E-state index contributed by atoms with van der Waals surface area (Å²) in [5.41, 5.74) is 9.22. The van der Waals surface area contributed by atoms with E-state index in [1.54, 1.807) is 10.9 Å². The Morgan fingerprint density at radius 1 is 0.870 bits per heavy atom. The fourth-order valence-corrected chi connectivity index (χ4v) is 3.04. The number of hydrogen-bond acceptors (Lipinski definition) is 4. The van der Waals surface area contributed by atoms with Gasteiger partial charge in [-0.2, -0.15) is 0 Å². The Morgan fingerprint density at radius 3 is 2.65 bits per heavy atom. The van der Waals surface area contributed by atoms with Crippen molar-refractivity contribution in [3.8, 4) is 5.69 Å². The molecule has 5 aromatic rings. The molecule has 0 aliphatic heterocycles. The zero-order valence-corrected chi connectivity index (χ0v) is 12.1. The first-order valence-electron chi connectivity index (χ1n) is 7.33. The predicted molar refractivity (Wildman–Crippen MR) is 90.6 cm³/mol. The monoisotopic (exact) mass is 300 g/mol. The Morgan fingerprint density at radius 2 is 1.70 bits per heavy atom. The van der Waals surface area contributed by atoms with Gasteiger partial charge in [-0.15, -0.1) is 5.10 Å². The molecular weight excluding hydrogens is 288 g/mol. The minimum absolute atomic E-state index is 0.459. The van der Waals surface area contributed by atoms with Gasteiger partial charge < -0.3 is 10.2 Å². The summed E-state index contributed by atoms with van der Waals surface area (Å²) in [6, 6.07) is 17.8. The number of nitrogens with zero attached hydrogens (tertiary/aromatic N) is 3. The van der Waals surface area contributed by atoms with Crippen LogP contribution in [-0.2, 0) is 0 Å². The first-order chi connectivity index (χ1) is 11.3. The number of hydrogen-bond donors (Lipinski definition) is 1. The largest absolute Gasteiger partial charge is 0.454 e. The van der Waals surface area contributed by atoms with E-state index in [4.69, 9.17) is 10.2 Å². The second-order valence-corrected chi connectivity index (χ2v) is 5.42. The van der Waals surface area contributed by atoms with Gasteiger partial charge in [0.15, 0.2) is 17.0 Å². The number of aromatic nitrogens is 3. The lowest BCUT2D eigenvalue weighted by atomic mass is 10.1. The Bertz CT molecular complexity index is 1190. The van der Waals surface area contributed by atoms with Crippen LogP contribution in [-0.4, -0.2) is 14.8 Å². The molecule has 0 radical (unpaired) electrons. The smallest absolute Gasteiger partial charge is 0.165 e. The summed E-state index contributed by atoms with van der Waals surface area (Å²) in [6.45, 7) is 0. The molecule has 3 aromatic heterocycles. The normalized spacial score (nSPS) is 11.7. The maximum absolute atomic E-state index is 6.07. The average molecular weight is 300 g/mol. The number of pyridine rings is 1. The minimum Gasteiger partial charge on any atom is -0.454 e. The molecule has 5 nitrogen and oxygen atoms in total. The molecule has 110 valence electrons. The van der Waals surface area contributed by atoms with Crippen LogP contribution in [0.1, 0.15) is 0 Å². The van der Waals surface area contributed by atoms with Crippen LogP contribution in [0.2, 0.25) is 0 Å². The van der Waals surface area contributed by atoms with Crippen molar-refractivity contribution in [2.45, 2.75) is 0 Å². The van der Waals surface area contributed by atoms with Gasteiger partial charge in [0.05, 0.1) is 5.39 Å². The number of benzene rings is 2. The number of furan rings is 1. The maximum Gasteiger partial charge on any atom is 0.165 e. The lowest BCUT2D eigenvalue weighted by molar-refractivity contribution is 0.663. The molecule has 0 saturated heterocycles. The standard InChI is InChI=1S/C18H12N4O/c19-17-13-7-4-10-20-18(13)22(21-17)14-8-3-6-12-11-5-1-2-9-15(11)23-16(12)14/h1-10H,(H2,19,21). The third-order valence-electron chi connectivity index (χ3n) is 4.08. The summed E-state index contributed by atoms with van der Waals surface area (Å²) in [5.74, 6) is 0.459. The third kappa shape index (κ3) is 1.61. The molecule has 3 heterocycles. The van der Waals surface area contributed by atoms with Crippen LogP contribution in [0.25, 0.3) is 38.7 Å². The fraction of sp³-hybridized carbons (Fsp3) is 0. The molecule has 2 aromatic carbocycles. The summed E-state index contributed by atoms with van der Waals surface area (Å²) in [5, 5.41) is 7.42. The lowest BCUT2D eigenvalue weighted by Gasteiger charge is -2.03. The Balaban J connectivity index is 1.92. The molecule has 0 amide bonds. The molecule has 2 N–H and O–H groups in total. The number of fused-ring (bicyclic) bond motifs is 4. The zero-order chi connectivity index (χ0) is 15.4. The van der Waals surface area contributed by atoms with Crippen molar-refractivity contribution in [3.05, 3.63) is 60.8 Å². The van der Waals surface area contributed by atoms with Crippen molar-refractivity contribution < 1.29 is 4.42 Å². The van der Waals surface area contributed by atoms with Crippen molar-refractivity contribution in [1.82, 2.24) is 14.8 Å². The van der Waals surface area contributed by atoms with Gasteiger partial charge in [-0.05, 0) is 24.3 Å². The van der Waals surface area contributed by atoms with Crippen molar-refractivity contribution in [1.29, 1.82) is 0 Å². The van der Waals surface area contributed by atoms with Gasteiger partial charge in [0.25, 0.3) is 0 Å². The first kappa shape index (κ1) is 12.2. The van der Waals surface area contributed by atoms with Crippen LogP contribution in [0.3, 0.4) is 0 Å². The number of rotatable bonds is 1. The molecule has 0 bridgehead atoms. The molecular formula is C18H12N4O. The summed E-state index contributed by atoms with van der Waals surface area (Å²) in [4.78, 5) is 4.42. The van der Waals surface area contributed by atoms with E-state index >= 15 is 0 Å². The minimum atomic E-state index is 0.459. The van der Waals surface area contributed by atoms with Crippen molar-refractivity contribution in [3.63, 3.8) is 0 Å². The van der Waals surface area contributed by atoms with Crippen LogP contribution >= 0.6 is 0 Å². The summed E-state index contributed by atoms with van der Waals surface area (Å²) in [7, 11) is 0. The topological polar surface area (TPSA) is 69.9 Å². The SMILES string of the molecule is Nc1nn(-c2cccc3c2oc2ccccc23)c2ncccc12. The van der Waals surface area contributed by atoms with Crippen LogP contribution in [0, 0.1) is 0 Å². The molecule has 0 fully saturated rings. The molecule has 5 rings (SSSR count). The Kier molecular flexibility index (Phi) is 2.30. The van der Waals surface area contributed by atoms with Crippen LogP contribution < -0.4 is 5.73 Å². The van der Waals surface area contributed by atoms with Crippen LogP contribution in [0.15, 0.2) is 65.2 Å². The van der Waals surface area contributed by atoms with E-state index in [0.29, 0.717) is 5.82 Å². The van der Waals surface area contributed by atoms with E-state index in [0.717, 1.165) is 38.7 Å². The third-order valence-corrected chi connectivity index (χ3v) is 4.08. The highest BCUT2D eigenvalue weighted by Crippen LogP contribution is 2.33. The quantitative estimate of drug-likeness (QED) is 0.509. The van der Waals surface area contributed by atoms with E-state index in [2.05, 4.69) is 16.1 Å². The Labute approximate surface area is 130 Å². The van der Waals surface area contributed by atoms with E-state index in [1.165, 1.54) is 0 Å². The second-order valence-electron chi connectivity index (χ2n) is 5.42. The first-order valence-corrected chi connectivity index (χ1v) is 7.33.